The number of rotatable bonds is 5. The molecule has 3 aromatic carbocycles. The number of carbonyl (C=O) groups excluding carboxylic acids is 1. The zero-order valence-corrected chi connectivity index (χ0v) is 19.4. The minimum absolute atomic E-state index is 0.0366. The average Bonchev–Trinajstić information content (AvgIpc) is 2.71. The van der Waals surface area contributed by atoms with Crippen LogP contribution in [-0.4, -0.2) is 14.3 Å². The van der Waals surface area contributed by atoms with Crippen LogP contribution in [0, 0.1) is 20.8 Å². The lowest BCUT2D eigenvalue weighted by Crippen LogP contribution is -2.18. The lowest BCUT2D eigenvalue weighted by Gasteiger charge is -2.15. The molecule has 3 aromatic rings. The van der Waals surface area contributed by atoms with Gasteiger partial charge in [0, 0.05) is 11.3 Å². The number of hydrogen-bond donors (Lipinski definition) is 2. The van der Waals surface area contributed by atoms with E-state index in [9.17, 15) is 26.4 Å². The van der Waals surface area contributed by atoms with Gasteiger partial charge in [0.05, 0.1) is 21.2 Å². The summed E-state index contributed by atoms with van der Waals surface area (Å²) in [5.41, 5.74) is 1.14. The molecular formula is C23H20ClF3N2O3S. The summed E-state index contributed by atoms with van der Waals surface area (Å²) in [7, 11) is -4.04. The zero-order valence-electron chi connectivity index (χ0n) is 17.8. The first kappa shape index (κ1) is 24.6. The second kappa shape index (κ2) is 9.07. The van der Waals surface area contributed by atoms with Gasteiger partial charge in [0.2, 0.25) is 0 Å². The maximum absolute atomic E-state index is 13.1. The number of benzene rings is 3. The molecule has 3 rings (SSSR count). The molecule has 0 radical (unpaired) electrons. The minimum atomic E-state index is -4.69. The molecule has 0 saturated heterocycles. The summed E-state index contributed by atoms with van der Waals surface area (Å²) >= 11 is 5.60. The van der Waals surface area contributed by atoms with Crippen molar-refractivity contribution in [3.8, 4) is 0 Å². The Morgan fingerprint density at radius 1 is 0.909 bits per heavy atom. The molecule has 5 nitrogen and oxygen atoms in total. The van der Waals surface area contributed by atoms with E-state index >= 15 is 0 Å². The zero-order chi connectivity index (χ0) is 24.6. The van der Waals surface area contributed by atoms with Gasteiger partial charge in [0.25, 0.3) is 15.9 Å². The van der Waals surface area contributed by atoms with Crippen LogP contribution in [0.25, 0.3) is 0 Å². The number of aryl methyl sites for hydroxylation is 3. The highest BCUT2D eigenvalue weighted by Gasteiger charge is 2.33. The molecule has 0 heterocycles. The average molecular weight is 497 g/mol. The number of carbonyl (C=O) groups is 1. The summed E-state index contributed by atoms with van der Waals surface area (Å²) in [6.45, 7) is 5.16. The highest BCUT2D eigenvalue weighted by atomic mass is 35.5. The molecule has 0 fully saturated rings. The third kappa shape index (κ3) is 5.66. The van der Waals surface area contributed by atoms with Crippen molar-refractivity contribution < 1.29 is 26.4 Å². The van der Waals surface area contributed by atoms with Crippen molar-refractivity contribution in [1.29, 1.82) is 0 Å². The first-order valence-electron chi connectivity index (χ1n) is 9.67. The number of alkyl halides is 3. The van der Waals surface area contributed by atoms with Gasteiger partial charge in [-0.15, -0.1) is 0 Å². The maximum atomic E-state index is 13.1. The van der Waals surface area contributed by atoms with Gasteiger partial charge in [-0.3, -0.25) is 9.52 Å². The second-order valence-electron chi connectivity index (χ2n) is 7.55. The van der Waals surface area contributed by atoms with E-state index in [1.807, 2.05) is 13.0 Å². The molecule has 0 bridgehead atoms. The molecule has 0 aliphatic carbocycles. The van der Waals surface area contributed by atoms with Crippen molar-refractivity contribution >= 4 is 38.9 Å². The fourth-order valence-electron chi connectivity index (χ4n) is 3.10. The number of amides is 1. The topological polar surface area (TPSA) is 75.3 Å². The van der Waals surface area contributed by atoms with Crippen molar-refractivity contribution in [1.82, 2.24) is 0 Å². The Labute approximate surface area is 194 Å². The molecule has 33 heavy (non-hydrogen) atoms. The van der Waals surface area contributed by atoms with E-state index in [1.165, 1.54) is 24.3 Å². The number of nitrogens with one attached hydrogen (secondary N) is 2. The summed E-state index contributed by atoms with van der Waals surface area (Å²) < 4.78 is 67.8. The number of anilines is 2. The Morgan fingerprint density at radius 3 is 2.24 bits per heavy atom. The van der Waals surface area contributed by atoms with Crippen LogP contribution in [0.5, 0.6) is 0 Å². The van der Waals surface area contributed by atoms with Crippen LogP contribution in [0.3, 0.4) is 0 Å². The van der Waals surface area contributed by atoms with Gasteiger partial charge in [-0.25, -0.2) is 8.42 Å². The minimum Gasteiger partial charge on any atom is -0.322 e. The molecule has 0 aliphatic rings. The van der Waals surface area contributed by atoms with Crippen LogP contribution >= 0.6 is 11.6 Å². The lowest BCUT2D eigenvalue weighted by molar-refractivity contribution is -0.137. The van der Waals surface area contributed by atoms with Crippen molar-refractivity contribution in [2.75, 3.05) is 10.0 Å². The molecule has 0 atom stereocenters. The smallest absolute Gasteiger partial charge is 0.322 e. The van der Waals surface area contributed by atoms with Gasteiger partial charge in [0.1, 0.15) is 0 Å². The van der Waals surface area contributed by atoms with Gasteiger partial charge < -0.3 is 5.32 Å². The SMILES string of the molecule is Cc1ccc(C)c(NS(=O)(=O)c2cc(C(=O)Nc3ccc(Cl)c(C(F)(F)F)c3)ccc2C)c1. The van der Waals surface area contributed by atoms with Crippen LogP contribution in [0.15, 0.2) is 59.5 Å². The Hall–Kier alpha value is -3.04. The van der Waals surface area contributed by atoms with E-state index in [0.717, 1.165) is 17.2 Å². The van der Waals surface area contributed by atoms with E-state index in [-0.39, 0.29) is 16.1 Å². The lowest BCUT2D eigenvalue weighted by atomic mass is 10.1. The predicted molar refractivity (Wildman–Crippen MR) is 122 cm³/mol. The summed E-state index contributed by atoms with van der Waals surface area (Å²) in [6.07, 6.45) is -4.69. The normalized spacial score (nSPS) is 11.8. The maximum Gasteiger partial charge on any atom is 0.417 e. The van der Waals surface area contributed by atoms with Gasteiger partial charge in [-0.2, -0.15) is 13.2 Å². The van der Waals surface area contributed by atoms with Crippen molar-refractivity contribution in [2.24, 2.45) is 0 Å². The van der Waals surface area contributed by atoms with Crippen molar-refractivity contribution in [3.63, 3.8) is 0 Å². The van der Waals surface area contributed by atoms with Gasteiger partial charge in [-0.1, -0.05) is 29.8 Å². The molecule has 0 spiro atoms. The fourth-order valence-corrected chi connectivity index (χ4v) is 4.72. The molecule has 174 valence electrons. The molecule has 1 amide bonds. The summed E-state index contributed by atoms with van der Waals surface area (Å²) in [4.78, 5) is 12.5. The van der Waals surface area contributed by atoms with Crippen LogP contribution in [-0.2, 0) is 16.2 Å². The Morgan fingerprint density at radius 2 is 1.58 bits per heavy atom. The highest BCUT2D eigenvalue weighted by molar-refractivity contribution is 7.92. The Kier molecular flexibility index (Phi) is 6.76. The molecule has 0 unspecified atom stereocenters. The predicted octanol–water partition coefficient (Wildman–Crippen LogP) is 6.34. The van der Waals surface area contributed by atoms with E-state index in [0.29, 0.717) is 17.3 Å². The van der Waals surface area contributed by atoms with E-state index in [4.69, 9.17) is 11.6 Å². The highest BCUT2D eigenvalue weighted by Crippen LogP contribution is 2.36. The first-order chi connectivity index (χ1) is 15.3. The van der Waals surface area contributed by atoms with Crippen LogP contribution in [0.1, 0.15) is 32.6 Å². The Bertz CT molecular complexity index is 1340. The van der Waals surface area contributed by atoms with E-state index in [1.54, 1.807) is 26.0 Å². The van der Waals surface area contributed by atoms with Crippen molar-refractivity contribution in [2.45, 2.75) is 31.8 Å². The van der Waals surface area contributed by atoms with Crippen LogP contribution < -0.4 is 10.0 Å². The molecular weight excluding hydrogens is 477 g/mol. The monoisotopic (exact) mass is 496 g/mol. The first-order valence-corrected chi connectivity index (χ1v) is 11.5. The largest absolute Gasteiger partial charge is 0.417 e. The van der Waals surface area contributed by atoms with E-state index < -0.39 is 32.7 Å². The molecule has 0 aromatic heterocycles. The molecule has 0 saturated carbocycles. The summed E-state index contributed by atoms with van der Waals surface area (Å²) in [6, 6.07) is 12.3. The van der Waals surface area contributed by atoms with Crippen LogP contribution in [0.2, 0.25) is 5.02 Å². The second-order valence-corrected chi connectivity index (χ2v) is 9.61. The third-order valence-electron chi connectivity index (χ3n) is 4.91. The number of sulfonamides is 1. The fraction of sp³-hybridized carbons (Fsp3) is 0.174. The summed E-state index contributed by atoms with van der Waals surface area (Å²) in [5.74, 6) is -0.770. The number of halogens is 4. The molecule has 0 aliphatic heterocycles. The van der Waals surface area contributed by atoms with E-state index in [2.05, 4.69) is 10.0 Å². The summed E-state index contributed by atoms with van der Waals surface area (Å²) in [5, 5.41) is 1.85. The molecule has 2 N–H and O–H groups in total. The van der Waals surface area contributed by atoms with Crippen LogP contribution in [0.4, 0.5) is 24.5 Å². The quantitative estimate of drug-likeness (QED) is 0.433. The van der Waals surface area contributed by atoms with Crippen molar-refractivity contribution in [3.05, 3.63) is 87.4 Å². The Balaban J connectivity index is 1.91. The van der Waals surface area contributed by atoms with Gasteiger partial charge in [0.15, 0.2) is 0 Å². The van der Waals surface area contributed by atoms with Gasteiger partial charge >= 0.3 is 6.18 Å². The number of hydrogen-bond acceptors (Lipinski definition) is 3. The standard InChI is InChI=1S/C23H20ClF3N2O3S/c1-13-4-5-14(2)20(10-13)29-33(31,32)21-11-16(7-6-15(21)3)22(30)28-17-8-9-19(24)18(12-17)23(25,26)27/h4-12,29H,1-3H3,(H,28,30). The third-order valence-corrected chi connectivity index (χ3v) is 6.74. The van der Waals surface area contributed by atoms with Gasteiger partial charge in [-0.05, 0) is 73.9 Å². The molecule has 10 heteroatoms.